The van der Waals surface area contributed by atoms with Gasteiger partial charge in [0, 0.05) is 12.0 Å². The Morgan fingerprint density at radius 3 is 2.33 bits per heavy atom. The lowest BCUT2D eigenvalue weighted by molar-refractivity contribution is 0.118. The van der Waals surface area contributed by atoms with Crippen LogP contribution in [0.2, 0.25) is 0 Å². The lowest BCUT2D eigenvalue weighted by atomic mass is 9.91. The number of hydrogen-bond acceptors (Lipinski definition) is 2. The number of ether oxygens (including phenoxy) is 1. The van der Waals surface area contributed by atoms with E-state index in [-0.39, 0.29) is 6.04 Å². The summed E-state index contributed by atoms with van der Waals surface area (Å²) in [6, 6.07) is 19.4. The molecule has 0 bridgehead atoms. The van der Waals surface area contributed by atoms with Crippen LogP contribution in [0, 0.1) is 5.92 Å². The summed E-state index contributed by atoms with van der Waals surface area (Å²) in [5.41, 5.74) is 10.3. The molecule has 0 spiro atoms. The fourth-order valence-corrected chi connectivity index (χ4v) is 3.06. The average molecular weight is 281 g/mol. The number of benzene rings is 2. The molecule has 3 rings (SSSR count). The molecule has 110 valence electrons. The Morgan fingerprint density at radius 1 is 1.05 bits per heavy atom. The quantitative estimate of drug-likeness (QED) is 0.927. The highest BCUT2D eigenvalue weighted by atomic mass is 16.5. The van der Waals surface area contributed by atoms with Crippen molar-refractivity contribution < 1.29 is 4.74 Å². The molecule has 0 radical (unpaired) electrons. The van der Waals surface area contributed by atoms with Crippen LogP contribution in [0.25, 0.3) is 0 Å². The van der Waals surface area contributed by atoms with Gasteiger partial charge in [0.25, 0.3) is 0 Å². The van der Waals surface area contributed by atoms with Crippen molar-refractivity contribution in [2.45, 2.75) is 31.9 Å². The first kappa shape index (κ1) is 14.3. The van der Waals surface area contributed by atoms with Gasteiger partial charge in [-0.1, -0.05) is 54.6 Å². The second kappa shape index (κ2) is 6.42. The molecule has 1 aliphatic heterocycles. The minimum Gasteiger partial charge on any atom is -0.378 e. The summed E-state index contributed by atoms with van der Waals surface area (Å²) >= 11 is 0. The van der Waals surface area contributed by atoms with E-state index in [4.69, 9.17) is 10.5 Å². The van der Waals surface area contributed by atoms with Crippen molar-refractivity contribution in [1.82, 2.24) is 0 Å². The molecule has 1 heterocycles. The molecule has 2 N–H and O–H groups in total. The first-order valence-corrected chi connectivity index (χ1v) is 7.72. The van der Waals surface area contributed by atoms with Gasteiger partial charge in [-0.15, -0.1) is 0 Å². The number of hydrogen-bond donors (Lipinski definition) is 1. The third-order valence-corrected chi connectivity index (χ3v) is 4.35. The molecule has 0 saturated carbocycles. The van der Waals surface area contributed by atoms with E-state index >= 15 is 0 Å². The van der Waals surface area contributed by atoms with Gasteiger partial charge in [0.2, 0.25) is 0 Å². The highest BCUT2D eigenvalue weighted by molar-refractivity contribution is 5.30. The van der Waals surface area contributed by atoms with E-state index in [2.05, 4.69) is 61.5 Å². The van der Waals surface area contributed by atoms with Gasteiger partial charge in [0.15, 0.2) is 0 Å². The number of rotatable bonds is 4. The minimum atomic E-state index is 0.0840. The zero-order valence-electron chi connectivity index (χ0n) is 12.5. The summed E-state index contributed by atoms with van der Waals surface area (Å²) in [4.78, 5) is 0. The molecule has 0 amide bonds. The molecule has 0 aliphatic carbocycles. The van der Waals surface area contributed by atoms with E-state index in [1.165, 1.54) is 16.7 Å². The van der Waals surface area contributed by atoms with Crippen LogP contribution < -0.4 is 5.73 Å². The monoisotopic (exact) mass is 281 g/mol. The second-order valence-electron chi connectivity index (χ2n) is 6.07. The standard InChI is InChI=1S/C19H23NO/c1-14-11-18(13-21-14)19(20)17-9-7-16(8-10-17)12-15-5-3-2-4-6-15/h2-10,14,18-19H,11-13,20H2,1H3. The molecule has 2 aromatic carbocycles. The third-order valence-electron chi connectivity index (χ3n) is 4.35. The summed E-state index contributed by atoms with van der Waals surface area (Å²) in [5, 5.41) is 0. The van der Waals surface area contributed by atoms with E-state index in [9.17, 15) is 0 Å². The molecule has 21 heavy (non-hydrogen) atoms. The Labute approximate surface area is 126 Å². The molecule has 1 aliphatic rings. The lowest BCUT2D eigenvalue weighted by Crippen LogP contribution is -2.21. The van der Waals surface area contributed by atoms with Gasteiger partial charge in [-0.25, -0.2) is 0 Å². The fourth-order valence-electron chi connectivity index (χ4n) is 3.06. The molecule has 3 atom stereocenters. The first-order valence-electron chi connectivity index (χ1n) is 7.72. The van der Waals surface area contributed by atoms with Crippen LogP contribution in [0.5, 0.6) is 0 Å². The molecular weight excluding hydrogens is 258 g/mol. The van der Waals surface area contributed by atoms with E-state index in [1.807, 2.05) is 0 Å². The SMILES string of the molecule is CC1CC(C(N)c2ccc(Cc3ccccc3)cc2)CO1. The van der Waals surface area contributed by atoms with Crippen molar-refractivity contribution >= 4 is 0 Å². The minimum absolute atomic E-state index is 0.0840. The van der Waals surface area contributed by atoms with Crippen molar-refractivity contribution in [3.05, 3.63) is 71.3 Å². The van der Waals surface area contributed by atoms with Crippen LogP contribution in [-0.4, -0.2) is 12.7 Å². The predicted octanol–water partition coefficient (Wildman–Crippen LogP) is 3.70. The molecule has 2 heteroatoms. The summed E-state index contributed by atoms with van der Waals surface area (Å²) < 4.78 is 5.63. The Bertz CT molecular complexity index is 564. The normalized spacial score (nSPS) is 23.1. The molecule has 3 unspecified atom stereocenters. The maximum Gasteiger partial charge on any atom is 0.0551 e. The zero-order valence-corrected chi connectivity index (χ0v) is 12.5. The van der Waals surface area contributed by atoms with Crippen LogP contribution in [0.3, 0.4) is 0 Å². The van der Waals surface area contributed by atoms with Crippen molar-refractivity contribution in [1.29, 1.82) is 0 Å². The van der Waals surface area contributed by atoms with Crippen molar-refractivity contribution in [3.8, 4) is 0 Å². The summed E-state index contributed by atoms with van der Waals surface area (Å²) in [7, 11) is 0. The molecule has 1 fully saturated rings. The van der Waals surface area contributed by atoms with Crippen molar-refractivity contribution in [2.24, 2.45) is 11.7 Å². The van der Waals surface area contributed by atoms with Gasteiger partial charge >= 0.3 is 0 Å². The Morgan fingerprint density at radius 2 is 1.71 bits per heavy atom. The molecule has 2 aromatic rings. The lowest BCUT2D eigenvalue weighted by Gasteiger charge is -2.18. The fraction of sp³-hybridized carbons (Fsp3) is 0.368. The Kier molecular flexibility index (Phi) is 4.37. The van der Waals surface area contributed by atoms with Gasteiger partial charge in [-0.2, -0.15) is 0 Å². The molecule has 1 saturated heterocycles. The van der Waals surface area contributed by atoms with Gasteiger partial charge < -0.3 is 10.5 Å². The molecular formula is C19H23NO. The van der Waals surface area contributed by atoms with E-state index < -0.39 is 0 Å². The smallest absolute Gasteiger partial charge is 0.0551 e. The van der Waals surface area contributed by atoms with Gasteiger partial charge in [-0.3, -0.25) is 0 Å². The van der Waals surface area contributed by atoms with Crippen molar-refractivity contribution in [3.63, 3.8) is 0 Å². The van der Waals surface area contributed by atoms with Crippen LogP contribution in [-0.2, 0) is 11.2 Å². The zero-order chi connectivity index (χ0) is 14.7. The van der Waals surface area contributed by atoms with Crippen LogP contribution in [0.1, 0.15) is 36.1 Å². The summed E-state index contributed by atoms with van der Waals surface area (Å²) in [6.07, 6.45) is 2.38. The Hall–Kier alpha value is -1.64. The maximum atomic E-state index is 6.39. The average Bonchev–Trinajstić information content (AvgIpc) is 2.95. The highest BCUT2D eigenvalue weighted by Crippen LogP contribution is 2.30. The highest BCUT2D eigenvalue weighted by Gasteiger charge is 2.28. The van der Waals surface area contributed by atoms with E-state index in [0.29, 0.717) is 12.0 Å². The largest absolute Gasteiger partial charge is 0.378 e. The summed E-state index contributed by atoms with van der Waals surface area (Å²) in [6.45, 7) is 2.91. The van der Waals surface area contributed by atoms with Gasteiger partial charge in [-0.05, 0) is 36.5 Å². The van der Waals surface area contributed by atoms with E-state index in [0.717, 1.165) is 19.4 Å². The molecule has 0 aromatic heterocycles. The maximum absolute atomic E-state index is 6.39. The Balaban J connectivity index is 1.66. The van der Waals surface area contributed by atoms with Gasteiger partial charge in [0.05, 0.1) is 12.7 Å². The summed E-state index contributed by atoms with van der Waals surface area (Å²) in [5.74, 6) is 0.444. The molecule has 2 nitrogen and oxygen atoms in total. The number of nitrogens with two attached hydrogens (primary N) is 1. The van der Waals surface area contributed by atoms with E-state index in [1.54, 1.807) is 0 Å². The van der Waals surface area contributed by atoms with Crippen molar-refractivity contribution in [2.75, 3.05) is 6.61 Å². The second-order valence-corrected chi connectivity index (χ2v) is 6.07. The van der Waals surface area contributed by atoms with Crippen LogP contribution >= 0.6 is 0 Å². The van der Waals surface area contributed by atoms with Crippen LogP contribution in [0.15, 0.2) is 54.6 Å². The topological polar surface area (TPSA) is 35.2 Å². The third kappa shape index (κ3) is 3.52. The van der Waals surface area contributed by atoms with Gasteiger partial charge in [0.1, 0.15) is 0 Å². The van der Waals surface area contributed by atoms with Crippen LogP contribution in [0.4, 0.5) is 0 Å². The predicted molar refractivity (Wildman–Crippen MR) is 86.1 cm³/mol. The first-order chi connectivity index (χ1) is 10.2.